The van der Waals surface area contributed by atoms with Crippen molar-refractivity contribution in [1.82, 2.24) is 10.2 Å². The molecule has 3 nitrogen and oxygen atoms in total. The monoisotopic (exact) mass is 281 g/mol. The third-order valence-corrected chi connectivity index (χ3v) is 3.94. The summed E-state index contributed by atoms with van der Waals surface area (Å²) in [5.74, 6) is 0. The Bertz CT molecular complexity index is 674. The van der Waals surface area contributed by atoms with Gasteiger partial charge >= 0.3 is 0 Å². The Balaban J connectivity index is 1.69. The largest absolute Gasteiger partial charge is 0.356 e. The van der Waals surface area contributed by atoms with E-state index < -0.39 is 0 Å². The maximum absolute atomic E-state index is 4.23. The number of nitrogens with zero attached hydrogens (tertiary/aromatic N) is 2. The van der Waals surface area contributed by atoms with Gasteiger partial charge in [-0.1, -0.05) is 71.5 Å². The van der Waals surface area contributed by atoms with Crippen molar-refractivity contribution in [3.63, 3.8) is 0 Å². The van der Waals surface area contributed by atoms with E-state index in [1.54, 1.807) is 11.3 Å². The molecule has 1 aromatic heterocycles. The summed E-state index contributed by atoms with van der Waals surface area (Å²) in [5, 5.41) is 13.5. The van der Waals surface area contributed by atoms with Crippen LogP contribution >= 0.6 is 11.3 Å². The van der Waals surface area contributed by atoms with Crippen LogP contribution in [0.1, 0.15) is 11.1 Å². The van der Waals surface area contributed by atoms with Gasteiger partial charge in [0.15, 0.2) is 0 Å². The van der Waals surface area contributed by atoms with Crippen LogP contribution in [0.5, 0.6) is 0 Å². The summed E-state index contributed by atoms with van der Waals surface area (Å²) in [6.45, 7) is 2.85. The van der Waals surface area contributed by atoms with E-state index in [0.717, 1.165) is 22.2 Å². The molecule has 0 bridgehead atoms. The smallest absolute Gasteiger partial charge is 0.206 e. The number of anilines is 1. The highest BCUT2D eigenvalue weighted by Gasteiger charge is 2.06. The molecule has 0 saturated heterocycles. The first-order valence-corrected chi connectivity index (χ1v) is 7.31. The van der Waals surface area contributed by atoms with Crippen LogP contribution in [-0.4, -0.2) is 10.2 Å². The lowest BCUT2D eigenvalue weighted by molar-refractivity contribution is 1.05. The predicted octanol–water partition coefficient (Wildman–Crippen LogP) is 4.13. The Hall–Kier alpha value is -2.20. The van der Waals surface area contributed by atoms with Gasteiger partial charge in [-0.15, -0.1) is 10.2 Å². The number of hydrogen-bond acceptors (Lipinski definition) is 4. The van der Waals surface area contributed by atoms with Gasteiger partial charge in [0, 0.05) is 12.1 Å². The summed E-state index contributed by atoms with van der Waals surface area (Å²) in [7, 11) is 0. The molecule has 3 aromatic rings. The van der Waals surface area contributed by atoms with Crippen LogP contribution in [0.25, 0.3) is 10.6 Å². The van der Waals surface area contributed by atoms with Gasteiger partial charge in [-0.05, 0) is 12.5 Å². The minimum absolute atomic E-state index is 0.767. The summed E-state index contributed by atoms with van der Waals surface area (Å²) >= 11 is 1.58. The van der Waals surface area contributed by atoms with E-state index in [4.69, 9.17) is 0 Å². The number of hydrogen-bond donors (Lipinski definition) is 1. The fourth-order valence-corrected chi connectivity index (χ4v) is 2.63. The highest BCUT2D eigenvalue weighted by Crippen LogP contribution is 2.26. The van der Waals surface area contributed by atoms with Crippen LogP contribution in [-0.2, 0) is 6.54 Å². The number of aryl methyl sites for hydroxylation is 1. The average Bonchev–Trinajstić information content (AvgIpc) is 2.96. The van der Waals surface area contributed by atoms with Gasteiger partial charge in [0.25, 0.3) is 0 Å². The summed E-state index contributed by atoms with van der Waals surface area (Å²) in [5.41, 5.74) is 3.60. The van der Waals surface area contributed by atoms with Crippen molar-refractivity contribution in [1.29, 1.82) is 0 Å². The van der Waals surface area contributed by atoms with E-state index in [0.29, 0.717) is 0 Å². The van der Waals surface area contributed by atoms with Gasteiger partial charge in [-0.25, -0.2) is 0 Å². The Kier molecular flexibility index (Phi) is 3.74. The zero-order chi connectivity index (χ0) is 13.8. The first-order chi connectivity index (χ1) is 9.81. The summed E-state index contributed by atoms with van der Waals surface area (Å²) in [6.07, 6.45) is 0. The molecule has 0 saturated carbocycles. The molecule has 0 radical (unpaired) electrons. The van der Waals surface area contributed by atoms with Gasteiger partial charge in [-0.2, -0.15) is 0 Å². The minimum atomic E-state index is 0.767. The molecule has 1 N–H and O–H groups in total. The predicted molar refractivity (Wildman–Crippen MR) is 83.9 cm³/mol. The molecular formula is C16H15N3S. The maximum Gasteiger partial charge on any atom is 0.206 e. The molecule has 20 heavy (non-hydrogen) atoms. The molecular weight excluding hydrogens is 266 g/mol. The third kappa shape index (κ3) is 3.03. The molecule has 0 aliphatic rings. The van der Waals surface area contributed by atoms with E-state index in [1.165, 1.54) is 11.1 Å². The van der Waals surface area contributed by atoms with Crippen LogP contribution < -0.4 is 5.32 Å². The zero-order valence-electron chi connectivity index (χ0n) is 11.2. The number of benzene rings is 2. The standard InChI is InChI=1S/C16H15N3S/c1-12-7-9-14(10-8-12)15-18-19-16(20-15)17-11-13-5-3-2-4-6-13/h2-10H,11H2,1H3,(H,17,19). The topological polar surface area (TPSA) is 37.8 Å². The van der Waals surface area contributed by atoms with Gasteiger partial charge in [-0.3, -0.25) is 0 Å². The van der Waals surface area contributed by atoms with Crippen molar-refractivity contribution in [3.05, 3.63) is 65.7 Å². The molecule has 3 rings (SSSR count). The molecule has 0 unspecified atom stereocenters. The van der Waals surface area contributed by atoms with E-state index in [1.807, 2.05) is 18.2 Å². The molecule has 0 spiro atoms. The Morgan fingerprint density at radius 2 is 1.70 bits per heavy atom. The molecule has 100 valence electrons. The highest BCUT2D eigenvalue weighted by atomic mass is 32.1. The van der Waals surface area contributed by atoms with E-state index in [2.05, 4.69) is 58.8 Å². The van der Waals surface area contributed by atoms with Crippen LogP contribution in [0.2, 0.25) is 0 Å². The highest BCUT2D eigenvalue weighted by molar-refractivity contribution is 7.18. The van der Waals surface area contributed by atoms with Gasteiger partial charge < -0.3 is 5.32 Å². The second-order valence-corrected chi connectivity index (χ2v) is 5.60. The van der Waals surface area contributed by atoms with Crippen molar-refractivity contribution in [2.75, 3.05) is 5.32 Å². The van der Waals surface area contributed by atoms with Crippen molar-refractivity contribution in [3.8, 4) is 10.6 Å². The van der Waals surface area contributed by atoms with Crippen LogP contribution in [0.3, 0.4) is 0 Å². The quantitative estimate of drug-likeness (QED) is 0.781. The van der Waals surface area contributed by atoms with Crippen molar-refractivity contribution >= 4 is 16.5 Å². The fourth-order valence-electron chi connectivity index (χ4n) is 1.88. The van der Waals surface area contributed by atoms with Crippen LogP contribution in [0.15, 0.2) is 54.6 Å². The second kappa shape index (κ2) is 5.84. The lowest BCUT2D eigenvalue weighted by atomic mass is 10.2. The van der Waals surface area contributed by atoms with Crippen LogP contribution in [0.4, 0.5) is 5.13 Å². The van der Waals surface area contributed by atoms with Crippen molar-refractivity contribution < 1.29 is 0 Å². The molecule has 0 amide bonds. The lowest BCUT2D eigenvalue weighted by Crippen LogP contribution is -1.98. The van der Waals surface area contributed by atoms with Gasteiger partial charge in [0.2, 0.25) is 5.13 Å². The normalized spacial score (nSPS) is 10.4. The molecule has 1 heterocycles. The zero-order valence-corrected chi connectivity index (χ0v) is 12.0. The summed E-state index contributed by atoms with van der Waals surface area (Å²) < 4.78 is 0. The fraction of sp³-hybridized carbons (Fsp3) is 0.125. The third-order valence-electron chi connectivity index (χ3n) is 3.01. The molecule has 0 atom stereocenters. The minimum Gasteiger partial charge on any atom is -0.356 e. The first-order valence-electron chi connectivity index (χ1n) is 6.49. The Morgan fingerprint density at radius 1 is 0.950 bits per heavy atom. The average molecular weight is 281 g/mol. The maximum atomic E-state index is 4.23. The van der Waals surface area contributed by atoms with Crippen LogP contribution in [0, 0.1) is 6.92 Å². The lowest BCUT2D eigenvalue weighted by Gasteiger charge is -2.01. The molecule has 4 heteroatoms. The number of aromatic nitrogens is 2. The molecule has 2 aromatic carbocycles. The summed E-state index contributed by atoms with van der Waals surface area (Å²) in [6, 6.07) is 18.6. The molecule has 0 aliphatic carbocycles. The van der Waals surface area contributed by atoms with E-state index in [-0.39, 0.29) is 0 Å². The summed E-state index contributed by atoms with van der Waals surface area (Å²) in [4.78, 5) is 0. The van der Waals surface area contributed by atoms with Crippen molar-refractivity contribution in [2.24, 2.45) is 0 Å². The molecule has 0 fully saturated rings. The second-order valence-electron chi connectivity index (χ2n) is 4.62. The van der Waals surface area contributed by atoms with E-state index in [9.17, 15) is 0 Å². The SMILES string of the molecule is Cc1ccc(-c2nnc(NCc3ccccc3)s2)cc1. The van der Waals surface area contributed by atoms with E-state index >= 15 is 0 Å². The Labute approximate surface area is 122 Å². The number of rotatable bonds is 4. The molecule has 0 aliphatic heterocycles. The van der Waals surface area contributed by atoms with Crippen molar-refractivity contribution in [2.45, 2.75) is 13.5 Å². The van der Waals surface area contributed by atoms with Gasteiger partial charge in [0.05, 0.1) is 0 Å². The Morgan fingerprint density at radius 3 is 2.45 bits per heavy atom. The first kappa shape index (κ1) is 12.8. The number of nitrogens with one attached hydrogen (secondary N) is 1. The van der Waals surface area contributed by atoms with Gasteiger partial charge in [0.1, 0.15) is 5.01 Å².